The molecule has 1 aromatic heterocycles. The van der Waals surface area contributed by atoms with Gasteiger partial charge in [0.2, 0.25) is 0 Å². The molecule has 0 fully saturated rings. The summed E-state index contributed by atoms with van der Waals surface area (Å²) in [6, 6.07) is 8.14. The number of aromatic nitrogens is 1. The van der Waals surface area contributed by atoms with Crippen molar-refractivity contribution in [3.63, 3.8) is 0 Å². The van der Waals surface area contributed by atoms with E-state index in [0.717, 1.165) is 16.8 Å². The molecular formula is C13H18N2O. The second-order valence-electron chi connectivity index (χ2n) is 4.22. The first-order valence-corrected chi connectivity index (χ1v) is 5.57. The van der Waals surface area contributed by atoms with Gasteiger partial charge in [0.25, 0.3) is 0 Å². The summed E-state index contributed by atoms with van der Waals surface area (Å²) in [4.78, 5) is 3.35. The fraction of sp³-hybridized carbons (Fsp3) is 0.385. The topological polar surface area (TPSA) is 48.0 Å². The van der Waals surface area contributed by atoms with Crippen molar-refractivity contribution < 1.29 is 5.11 Å². The molecule has 16 heavy (non-hydrogen) atoms. The number of aromatic amines is 1. The van der Waals surface area contributed by atoms with Gasteiger partial charge >= 0.3 is 0 Å². The number of fused-ring (bicyclic) bond motifs is 1. The molecule has 0 spiro atoms. The van der Waals surface area contributed by atoms with Gasteiger partial charge in [-0.3, -0.25) is 0 Å². The van der Waals surface area contributed by atoms with E-state index in [1.165, 1.54) is 5.39 Å². The van der Waals surface area contributed by atoms with Crippen molar-refractivity contribution in [3.8, 4) is 0 Å². The quantitative estimate of drug-likeness (QED) is 0.739. The lowest BCUT2D eigenvalue weighted by Gasteiger charge is -2.19. The highest BCUT2D eigenvalue weighted by Crippen LogP contribution is 2.29. The van der Waals surface area contributed by atoms with Gasteiger partial charge < -0.3 is 15.4 Å². The third-order valence-corrected chi connectivity index (χ3v) is 3.05. The van der Waals surface area contributed by atoms with Gasteiger partial charge in [-0.25, -0.2) is 0 Å². The summed E-state index contributed by atoms with van der Waals surface area (Å²) in [5.74, 6) is 0. The van der Waals surface area contributed by atoms with Gasteiger partial charge in [-0.1, -0.05) is 18.2 Å². The van der Waals surface area contributed by atoms with Crippen LogP contribution >= 0.6 is 0 Å². The molecule has 0 saturated carbocycles. The minimum atomic E-state index is -0.414. The van der Waals surface area contributed by atoms with Crippen LogP contribution in [0.4, 0.5) is 0 Å². The van der Waals surface area contributed by atoms with Crippen LogP contribution < -0.4 is 5.32 Å². The lowest BCUT2D eigenvalue weighted by molar-refractivity contribution is 0.150. The second-order valence-corrected chi connectivity index (χ2v) is 4.22. The largest absolute Gasteiger partial charge is 0.391 e. The molecule has 3 nitrogen and oxygen atoms in total. The molecule has 0 radical (unpaired) electrons. The highest BCUT2D eigenvalue weighted by Gasteiger charge is 2.21. The Bertz CT molecular complexity index is 488. The number of aryl methyl sites for hydroxylation is 1. The van der Waals surface area contributed by atoms with Crippen molar-refractivity contribution in [2.45, 2.75) is 26.0 Å². The number of benzene rings is 1. The monoisotopic (exact) mass is 218 g/mol. The van der Waals surface area contributed by atoms with Crippen LogP contribution in [0.3, 0.4) is 0 Å². The molecule has 0 bridgehead atoms. The zero-order valence-electron chi connectivity index (χ0n) is 9.91. The molecular weight excluding hydrogens is 200 g/mol. The van der Waals surface area contributed by atoms with Gasteiger partial charge in [-0.05, 0) is 32.5 Å². The number of nitrogens with one attached hydrogen (secondary N) is 2. The molecule has 0 saturated heterocycles. The summed E-state index contributed by atoms with van der Waals surface area (Å²) in [6.07, 6.45) is -0.414. The summed E-state index contributed by atoms with van der Waals surface area (Å²) >= 11 is 0. The summed E-state index contributed by atoms with van der Waals surface area (Å²) in [5, 5.41) is 14.1. The molecule has 2 unspecified atom stereocenters. The Hall–Kier alpha value is -1.32. The molecule has 0 aliphatic heterocycles. The average molecular weight is 218 g/mol. The molecule has 3 N–H and O–H groups in total. The van der Waals surface area contributed by atoms with Gasteiger partial charge in [0, 0.05) is 16.6 Å². The number of rotatable bonds is 3. The summed E-state index contributed by atoms with van der Waals surface area (Å²) in [7, 11) is 1.87. The Morgan fingerprint density at radius 1 is 1.31 bits per heavy atom. The van der Waals surface area contributed by atoms with Gasteiger partial charge in [-0.2, -0.15) is 0 Å². The summed E-state index contributed by atoms with van der Waals surface area (Å²) in [5.41, 5.74) is 3.39. The van der Waals surface area contributed by atoms with E-state index in [1.54, 1.807) is 0 Å². The molecule has 2 rings (SSSR count). The molecule has 2 aromatic rings. The van der Waals surface area contributed by atoms with E-state index in [4.69, 9.17) is 0 Å². The highest BCUT2D eigenvalue weighted by atomic mass is 16.3. The van der Waals surface area contributed by atoms with Crippen molar-refractivity contribution in [2.75, 3.05) is 7.05 Å². The third-order valence-electron chi connectivity index (χ3n) is 3.05. The van der Waals surface area contributed by atoms with E-state index in [1.807, 2.05) is 33.0 Å². The van der Waals surface area contributed by atoms with Crippen molar-refractivity contribution in [1.29, 1.82) is 0 Å². The number of hydrogen-bond donors (Lipinski definition) is 3. The normalized spacial score (nSPS) is 15.2. The smallest absolute Gasteiger partial charge is 0.0707 e. The summed E-state index contributed by atoms with van der Waals surface area (Å²) in [6.45, 7) is 3.85. The number of hydrogen-bond acceptors (Lipinski definition) is 2. The zero-order chi connectivity index (χ0) is 11.7. The Morgan fingerprint density at radius 3 is 2.62 bits per heavy atom. The molecule has 2 atom stereocenters. The molecule has 86 valence electrons. The van der Waals surface area contributed by atoms with Crippen molar-refractivity contribution in [3.05, 3.63) is 35.5 Å². The minimum Gasteiger partial charge on any atom is -0.391 e. The van der Waals surface area contributed by atoms with E-state index >= 15 is 0 Å². The van der Waals surface area contributed by atoms with Gasteiger partial charge in [0.05, 0.1) is 12.1 Å². The number of H-pyrrole nitrogens is 1. The first-order chi connectivity index (χ1) is 7.65. The molecule has 1 aromatic carbocycles. The fourth-order valence-electron chi connectivity index (χ4n) is 2.33. The number of aliphatic hydroxyl groups is 1. The predicted octanol–water partition coefficient (Wildman–Crippen LogP) is 2.12. The van der Waals surface area contributed by atoms with Crippen LogP contribution in [0.5, 0.6) is 0 Å². The van der Waals surface area contributed by atoms with E-state index in [2.05, 4.69) is 22.4 Å². The molecule has 0 aliphatic rings. The number of para-hydroxylation sites is 1. The molecule has 1 heterocycles. The van der Waals surface area contributed by atoms with Gasteiger partial charge in [0.15, 0.2) is 0 Å². The average Bonchev–Trinajstić information content (AvgIpc) is 2.57. The Balaban J connectivity index is 2.62. The standard InChI is InChI=1S/C13H18N2O/c1-8-12(13(14-3)9(2)16)10-6-4-5-7-11(10)15-8/h4-7,9,13-16H,1-3H3. The van der Waals surface area contributed by atoms with Crippen LogP contribution in [-0.2, 0) is 0 Å². The molecule has 0 amide bonds. The van der Waals surface area contributed by atoms with Crippen LogP contribution in [0.25, 0.3) is 10.9 Å². The van der Waals surface area contributed by atoms with Crippen molar-refractivity contribution >= 4 is 10.9 Å². The SMILES string of the molecule is CNC(c1c(C)[nH]c2ccccc12)C(C)O. The lowest BCUT2D eigenvalue weighted by atomic mass is 9.99. The Kier molecular flexibility index (Phi) is 2.99. The predicted molar refractivity (Wildman–Crippen MR) is 66.5 cm³/mol. The van der Waals surface area contributed by atoms with E-state index in [9.17, 15) is 5.11 Å². The van der Waals surface area contributed by atoms with E-state index in [0.29, 0.717) is 0 Å². The van der Waals surface area contributed by atoms with Crippen LogP contribution in [0.15, 0.2) is 24.3 Å². The van der Waals surface area contributed by atoms with Crippen molar-refractivity contribution in [1.82, 2.24) is 10.3 Å². The zero-order valence-corrected chi connectivity index (χ0v) is 9.91. The first-order valence-electron chi connectivity index (χ1n) is 5.57. The Morgan fingerprint density at radius 2 is 2.00 bits per heavy atom. The third kappa shape index (κ3) is 1.72. The van der Waals surface area contributed by atoms with Gasteiger partial charge in [-0.15, -0.1) is 0 Å². The lowest BCUT2D eigenvalue weighted by Crippen LogP contribution is -2.27. The molecule has 3 heteroatoms. The van der Waals surface area contributed by atoms with E-state index in [-0.39, 0.29) is 6.04 Å². The van der Waals surface area contributed by atoms with Crippen molar-refractivity contribution in [2.24, 2.45) is 0 Å². The maximum Gasteiger partial charge on any atom is 0.0707 e. The maximum atomic E-state index is 9.79. The minimum absolute atomic E-state index is 0.0313. The number of likely N-dealkylation sites (N-methyl/N-ethyl adjacent to an activating group) is 1. The fourth-order valence-corrected chi connectivity index (χ4v) is 2.33. The van der Waals surface area contributed by atoms with Crippen LogP contribution in [0.2, 0.25) is 0 Å². The molecule has 0 aliphatic carbocycles. The van der Waals surface area contributed by atoms with Crippen LogP contribution in [0.1, 0.15) is 24.2 Å². The van der Waals surface area contributed by atoms with Gasteiger partial charge in [0.1, 0.15) is 0 Å². The first kappa shape index (κ1) is 11.2. The summed E-state index contributed by atoms with van der Waals surface area (Å²) < 4.78 is 0. The second kappa shape index (κ2) is 4.28. The maximum absolute atomic E-state index is 9.79. The van der Waals surface area contributed by atoms with E-state index < -0.39 is 6.10 Å². The van der Waals surface area contributed by atoms with Crippen LogP contribution in [-0.4, -0.2) is 23.2 Å². The highest BCUT2D eigenvalue weighted by molar-refractivity contribution is 5.85. The number of aliphatic hydroxyl groups excluding tert-OH is 1. The van der Waals surface area contributed by atoms with Crippen LogP contribution in [0, 0.1) is 6.92 Å². The Labute approximate surface area is 95.5 Å².